The second kappa shape index (κ2) is 5.61. The first-order valence-corrected chi connectivity index (χ1v) is 5.29. The molecule has 0 saturated heterocycles. The van der Waals surface area contributed by atoms with Crippen molar-refractivity contribution in [1.29, 1.82) is 0 Å². The van der Waals surface area contributed by atoms with E-state index in [1.54, 1.807) is 31.2 Å². The van der Waals surface area contributed by atoms with Crippen molar-refractivity contribution in [3.05, 3.63) is 58.9 Å². The van der Waals surface area contributed by atoms with Crippen LogP contribution in [0.15, 0.2) is 48.3 Å². The van der Waals surface area contributed by atoms with E-state index < -0.39 is 5.83 Å². The molecule has 0 amide bonds. The first-order valence-electron chi connectivity index (χ1n) is 4.91. The Labute approximate surface area is 99.2 Å². The molecule has 3 heteroatoms. The van der Waals surface area contributed by atoms with Gasteiger partial charge in [0.05, 0.1) is 0 Å². The summed E-state index contributed by atoms with van der Waals surface area (Å²) in [5.41, 5.74) is 0.565. The fourth-order valence-corrected chi connectivity index (χ4v) is 1.46. The van der Waals surface area contributed by atoms with Gasteiger partial charge in [0.15, 0.2) is 5.78 Å². The fourth-order valence-electron chi connectivity index (χ4n) is 1.34. The Hall–Kier alpha value is -1.41. The van der Waals surface area contributed by atoms with E-state index in [0.29, 0.717) is 17.0 Å². The summed E-state index contributed by atoms with van der Waals surface area (Å²) >= 11 is 5.71. The highest BCUT2D eigenvalue weighted by molar-refractivity contribution is 6.30. The molecule has 0 aliphatic heterocycles. The van der Waals surface area contributed by atoms with Crippen molar-refractivity contribution in [3.8, 4) is 0 Å². The number of rotatable bonds is 4. The van der Waals surface area contributed by atoms with Gasteiger partial charge in [0.25, 0.3) is 0 Å². The summed E-state index contributed by atoms with van der Waals surface area (Å²) in [6.45, 7) is 5.04. The van der Waals surface area contributed by atoms with Crippen molar-refractivity contribution >= 4 is 17.4 Å². The van der Waals surface area contributed by atoms with E-state index >= 15 is 0 Å². The summed E-state index contributed by atoms with van der Waals surface area (Å²) in [5.74, 6) is -0.890. The van der Waals surface area contributed by atoms with E-state index in [0.717, 1.165) is 6.08 Å². The van der Waals surface area contributed by atoms with Gasteiger partial charge in [0.1, 0.15) is 5.83 Å². The molecule has 0 aliphatic carbocycles. The third-order valence-electron chi connectivity index (χ3n) is 2.20. The van der Waals surface area contributed by atoms with Crippen LogP contribution in [0.2, 0.25) is 5.02 Å². The molecule has 0 saturated carbocycles. The van der Waals surface area contributed by atoms with Crippen molar-refractivity contribution in [2.45, 2.75) is 13.3 Å². The van der Waals surface area contributed by atoms with Crippen LogP contribution in [0.25, 0.3) is 0 Å². The molecule has 0 spiro atoms. The molecule has 0 N–H and O–H groups in total. The number of hydrogen-bond donors (Lipinski definition) is 0. The van der Waals surface area contributed by atoms with Gasteiger partial charge >= 0.3 is 0 Å². The molecular weight excluding hydrogens is 227 g/mol. The van der Waals surface area contributed by atoms with E-state index in [9.17, 15) is 9.18 Å². The molecule has 0 unspecified atom stereocenters. The third kappa shape index (κ3) is 2.80. The van der Waals surface area contributed by atoms with Crippen LogP contribution in [0, 0.1) is 0 Å². The Morgan fingerprint density at radius 2 is 2.00 bits per heavy atom. The number of allylic oxidation sites excluding steroid dienone is 3. The van der Waals surface area contributed by atoms with E-state index in [1.165, 1.54) is 0 Å². The topological polar surface area (TPSA) is 17.1 Å². The standard InChI is InChI=1S/C13H12ClFO/c1-3-11(12(15)4-2)13(16)9-5-7-10(14)8-6-9/h4-8H,2-3H2,1H3/b12-11-. The number of halogens is 2. The molecule has 0 aliphatic rings. The zero-order valence-corrected chi connectivity index (χ0v) is 9.72. The maximum atomic E-state index is 13.3. The predicted molar refractivity (Wildman–Crippen MR) is 64.4 cm³/mol. The Morgan fingerprint density at radius 3 is 2.44 bits per heavy atom. The summed E-state index contributed by atoms with van der Waals surface area (Å²) in [6, 6.07) is 6.37. The number of Topliss-reactive ketones (excluding diaryl/α,β-unsaturated/α-hetero) is 1. The largest absolute Gasteiger partial charge is 0.289 e. The Bertz CT molecular complexity index is 432. The molecule has 1 rings (SSSR count). The highest BCUT2D eigenvalue weighted by atomic mass is 35.5. The SMILES string of the molecule is C=C/C(F)=C(\CC)C(=O)c1ccc(Cl)cc1. The lowest BCUT2D eigenvalue weighted by Gasteiger charge is -2.04. The summed E-state index contributed by atoms with van der Waals surface area (Å²) in [7, 11) is 0. The van der Waals surface area contributed by atoms with Crippen LogP contribution in [-0.4, -0.2) is 5.78 Å². The zero-order valence-electron chi connectivity index (χ0n) is 8.97. The Morgan fingerprint density at radius 1 is 1.44 bits per heavy atom. The second-order valence-electron chi connectivity index (χ2n) is 3.22. The molecule has 1 aromatic carbocycles. The van der Waals surface area contributed by atoms with Gasteiger partial charge in [-0.05, 0) is 36.8 Å². The number of benzene rings is 1. The molecule has 16 heavy (non-hydrogen) atoms. The average molecular weight is 239 g/mol. The molecule has 1 nitrogen and oxygen atoms in total. The van der Waals surface area contributed by atoms with Gasteiger partial charge in [-0.2, -0.15) is 0 Å². The summed E-state index contributed by atoms with van der Waals surface area (Å²) in [4.78, 5) is 11.9. The number of hydrogen-bond acceptors (Lipinski definition) is 1. The highest BCUT2D eigenvalue weighted by Gasteiger charge is 2.14. The van der Waals surface area contributed by atoms with Gasteiger partial charge in [-0.1, -0.05) is 25.1 Å². The molecule has 0 atom stereocenters. The van der Waals surface area contributed by atoms with Crippen molar-refractivity contribution in [1.82, 2.24) is 0 Å². The maximum Gasteiger partial charge on any atom is 0.191 e. The van der Waals surface area contributed by atoms with Gasteiger partial charge in [-0.15, -0.1) is 0 Å². The van der Waals surface area contributed by atoms with Gasteiger partial charge in [-0.25, -0.2) is 4.39 Å². The highest BCUT2D eigenvalue weighted by Crippen LogP contribution is 2.19. The maximum absolute atomic E-state index is 13.3. The van der Waals surface area contributed by atoms with Crippen molar-refractivity contribution in [2.24, 2.45) is 0 Å². The van der Waals surface area contributed by atoms with Crippen molar-refractivity contribution in [2.75, 3.05) is 0 Å². The molecule has 1 aromatic rings. The zero-order chi connectivity index (χ0) is 12.1. The normalized spacial score (nSPS) is 11.9. The Kier molecular flexibility index (Phi) is 4.44. The van der Waals surface area contributed by atoms with Crippen LogP contribution < -0.4 is 0 Å². The Balaban J connectivity index is 3.10. The first-order chi connectivity index (χ1) is 7.60. The van der Waals surface area contributed by atoms with Gasteiger partial charge in [-0.3, -0.25) is 4.79 Å². The van der Waals surface area contributed by atoms with Gasteiger partial charge in [0, 0.05) is 16.2 Å². The molecular formula is C13H12ClFO. The summed E-state index contributed by atoms with van der Waals surface area (Å²) in [5, 5.41) is 0.544. The van der Waals surface area contributed by atoms with Crippen LogP contribution in [-0.2, 0) is 0 Å². The number of carbonyl (C=O) groups excluding carboxylic acids is 1. The van der Waals surface area contributed by atoms with E-state index in [4.69, 9.17) is 11.6 Å². The lowest BCUT2D eigenvalue weighted by molar-refractivity contribution is 0.102. The van der Waals surface area contributed by atoms with Crippen LogP contribution >= 0.6 is 11.6 Å². The van der Waals surface area contributed by atoms with Crippen molar-refractivity contribution < 1.29 is 9.18 Å². The van der Waals surface area contributed by atoms with Crippen LogP contribution in [0.4, 0.5) is 4.39 Å². The smallest absolute Gasteiger partial charge is 0.191 e. The summed E-state index contributed by atoms with van der Waals surface area (Å²) < 4.78 is 13.3. The minimum Gasteiger partial charge on any atom is -0.289 e. The molecule has 0 radical (unpaired) electrons. The quantitative estimate of drug-likeness (QED) is 0.433. The van der Waals surface area contributed by atoms with Crippen LogP contribution in [0.5, 0.6) is 0 Å². The van der Waals surface area contributed by atoms with E-state index in [2.05, 4.69) is 6.58 Å². The summed E-state index contributed by atoms with van der Waals surface area (Å²) in [6.07, 6.45) is 1.38. The minimum absolute atomic E-state index is 0.136. The van der Waals surface area contributed by atoms with Crippen LogP contribution in [0.1, 0.15) is 23.7 Å². The third-order valence-corrected chi connectivity index (χ3v) is 2.45. The fraction of sp³-hybridized carbons (Fsp3) is 0.154. The monoisotopic (exact) mass is 238 g/mol. The van der Waals surface area contributed by atoms with E-state index in [1.807, 2.05) is 0 Å². The number of ketones is 1. The number of carbonyl (C=O) groups is 1. The van der Waals surface area contributed by atoms with Gasteiger partial charge < -0.3 is 0 Å². The lowest BCUT2D eigenvalue weighted by atomic mass is 10.0. The molecule has 0 fully saturated rings. The minimum atomic E-state index is -0.567. The molecule has 0 heterocycles. The lowest BCUT2D eigenvalue weighted by Crippen LogP contribution is -2.04. The predicted octanol–water partition coefficient (Wildman–Crippen LogP) is 4.34. The van der Waals surface area contributed by atoms with E-state index in [-0.39, 0.29) is 11.4 Å². The molecule has 84 valence electrons. The average Bonchev–Trinajstić information content (AvgIpc) is 2.30. The first kappa shape index (κ1) is 12.7. The van der Waals surface area contributed by atoms with Gasteiger partial charge in [0.2, 0.25) is 0 Å². The van der Waals surface area contributed by atoms with Crippen molar-refractivity contribution in [3.63, 3.8) is 0 Å². The second-order valence-corrected chi connectivity index (χ2v) is 3.66. The molecule has 0 bridgehead atoms. The molecule has 0 aromatic heterocycles. The van der Waals surface area contributed by atoms with Crippen LogP contribution in [0.3, 0.4) is 0 Å².